The minimum absolute atomic E-state index is 0.0137. The molecule has 0 aliphatic rings. The first-order valence-corrected chi connectivity index (χ1v) is 7.04. The second kappa shape index (κ2) is 6.58. The van der Waals surface area contributed by atoms with Crippen LogP contribution in [0.1, 0.15) is 27.0 Å². The highest BCUT2D eigenvalue weighted by Crippen LogP contribution is 2.13. The Labute approximate surface area is 124 Å². The first kappa shape index (κ1) is 14.6. The van der Waals surface area contributed by atoms with Gasteiger partial charge in [0.25, 0.3) is 5.91 Å². The molecule has 0 unspecified atom stereocenters. The second-order valence-electron chi connectivity index (χ2n) is 4.88. The summed E-state index contributed by atoms with van der Waals surface area (Å²) in [6.07, 6.45) is 0.799. The van der Waals surface area contributed by atoms with E-state index in [1.807, 2.05) is 56.3 Å². The van der Waals surface area contributed by atoms with Crippen molar-refractivity contribution in [2.45, 2.75) is 20.3 Å². The molecule has 2 aromatic carbocycles. The summed E-state index contributed by atoms with van der Waals surface area (Å²) in [5.41, 5.74) is 4.09. The van der Waals surface area contributed by atoms with Crippen molar-refractivity contribution in [3.8, 4) is 0 Å². The third kappa shape index (κ3) is 3.61. The van der Waals surface area contributed by atoms with Crippen LogP contribution >= 0.6 is 11.6 Å². The lowest BCUT2D eigenvalue weighted by molar-refractivity contribution is 0.0953. The molecule has 2 rings (SSSR count). The Hall–Kier alpha value is -1.80. The summed E-state index contributed by atoms with van der Waals surface area (Å²) in [6.45, 7) is 4.61. The maximum Gasteiger partial charge on any atom is 0.251 e. The lowest BCUT2D eigenvalue weighted by Gasteiger charge is -2.09. The van der Waals surface area contributed by atoms with Gasteiger partial charge in [0.05, 0.1) is 0 Å². The summed E-state index contributed by atoms with van der Waals surface area (Å²) in [4.78, 5) is 12.1. The van der Waals surface area contributed by atoms with Gasteiger partial charge in [0.1, 0.15) is 0 Å². The minimum Gasteiger partial charge on any atom is -0.352 e. The van der Waals surface area contributed by atoms with Gasteiger partial charge in [-0.1, -0.05) is 35.9 Å². The van der Waals surface area contributed by atoms with Crippen LogP contribution in [0.3, 0.4) is 0 Å². The number of benzene rings is 2. The first-order valence-electron chi connectivity index (χ1n) is 6.67. The lowest BCUT2D eigenvalue weighted by atomic mass is 10.0. The number of amides is 1. The summed E-state index contributed by atoms with van der Waals surface area (Å²) < 4.78 is 0. The number of nitrogens with one attached hydrogen (secondary N) is 1. The number of hydrogen-bond donors (Lipinski definition) is 1. The summed E-state index contributed by atoms with van der Waals surface area (Å²) in [6, 6.07) is 13.5. The molecule has 1 N–H and O–H groups in total. The summed E-state index contributed by atoms with van der Waals surface area (Å²) >= 11 is 5.84. The van der Waals surface area contributed by atoms with Gasteiger partial charge in [0.15, 0.2) is 0 Å². The van der Waals surface area contributed by atoms with E-state index in [1.54, 1.807) is 0 Å². The molecule has 104 valence electrons. The highest BCUT2D eigenvalue weighted by atomic mass is 35.5. The van der Waals surface area contributed by atoms with Gasteiger partial charge in [-0.3, -0.25) is 4.79 Å². The average Bonchev–Trinajstić information content (AvgIpc) is 2.44. The largest absolute Gasteiger partial charge is 0.352 e. The van der Waals surface area contributed by atoms with Crippen LogP contribution in [0, 0.1) is 13.8 Å². The topological polar surface area (TPSA) is 29.1 Å². The van der Waals surface area contributed by atoms with Crippen LogP contribution in [0.5, 0.6) is 0 Å². The van der Waals surface area contributed by atoms with Crippen molar-refractivity contribution >= 4 is 17.5 Å². The molecular formula is C17H18ClNO. The van der Waals surface area contributed by atoms with Crippen molar-refractivity contribution in [2.75, 3.05) is 6.54 Å². The summed E-state index contributed by atoms with van der Waals surface area (Å²) in [7, 11) is 0. The SMILES string of the molecule is Cc1cccc(C(=O)NCCc2ccc(Cl)cc2)c1C. The second-order valence-corrected chi connectivity index (χ2v) is 5.32. The van der Waals surface area contributed by atoms with E-state index >= 15 is 0 Å². The van der Waals surface area contributed by atoms with Gasteiger partial charge in [-0.2, -0.15) is 0 Å². The Kier molecular flexibility index (Phi) is 4.80. The molecule has 0 aromatic heterocycles. The molecule has 0 aliphatic carbocycles. The van der Waals surface area contributed by atoms with Crippen LogP contribution in [0.25, 0.3) is 0 Å². The Morgan fingerprint density at radius 2 is 1.80 bits per heavy atom. The van der Waals surface area contributed by atoms with Gasteiger partial charge in [0.2, 0.25) is 0 Å². The molecule has 1 amide bonds. The molecule has 20 heavy (non-hydrogen) atoms. The maximum absolute atomic E-state index is 12.1. The molecule has 2 nitrogen and oxygen atoms in total. The van der Waals surface area contributed by atoms with Crippen LogP contribution in [0.4, 0.5) is 0 Å². The number of aryl methyl sites for hydroxylation is 1. The zero-order valence-corrected chi connectivity index (χ0v) is 12.5. The maximum atomic E-state index is 12.1. The van der Waals surface area contributed by atoms with Crippen LogP contribution in [-0.2, 0) is 6.42 Å². The standard InChI is InChI=1S/C17H18ClNO/c1-12-4-3-5-16(13(12)2)17(20)19-11-10-14-6-8-15(18)9-7-14/h3-9H,10-11H2,1-2H3,(H,19,20). The van der Waals surface area contributed by atoms with Gasteiger partial charge in [0, 0.05) is 17.1 Å². The average molecular weight is 288 g/mol. The molecule has 0 spiro atoms. The van der Waals surface area contributed by atoms with Crippen molar-refractivity contribution in [3.63, 3.8) is 0 Å². The van der Waals surface area contributed by atoms with E-state index in [0.29, 0.717) is 6.54 Å². The van der Waals surface area contributed by atoms with E-state index in [4.69, 9.17) is 11.6 Å². The smallest absolute Gasteiger partial charge is 0.251 e. The summed E-state index contributed by atoms with van der Waals surface area (Å²) in [5, 5.41) is 3.69. The fourth-order valence-corrected chi connectivity index (χ4v) is 2.19. The van der Waals surface area contributed by atoms with Crippen LogP contribution in [-0.4, -0.2) is 12.5 Å². The van der Waals surface area contributed by atoms with Crippen molar-refractivity contribution in [1.82, 2.24) is 5.32 Å². The van der Waals surface area contributed by atoms with Crippen LogP contribution < -0.4 is 5.32 Å². The number of carbonyl (C=O) groups is 1. The minimum atomic E-state index is -0.0137. The fraction of sp³-hybridized carbons (Fsp3) is 0.235. The van der Waals surface area contributed by atoms with E-state index in [2.05, 4.69) is 5.32 Å². The number of rotatable bonds is 4. The van der Waals surface area contributed by atoms with Gasteiger partial charge >= 0.3 is 0 Å². The van der Waals surface area contributed by atoms with Crippen molar-refractivity contribution in [2.24, 2.45) is 0 Å². The normalized spacial score (nSPS) is 10.3. The van der Waals surface area contributed by atoms with Crippen LogP contribution in [0.2, 0.25) is 5.02 Å². The van der Waals surface area contributed by atoms with E-state index < -0.39 is 0 Å². The molecule has 0 radical (unpaired) electrons. The third-order valence-corrected chi connectivity index (χ3v) is 3.71. The number of halogens is 1. The Morgan fingerprint density at radius 3 is 2.50 bits per heavy atom. The molecule has 0 fully saturated rings. The molecule has 0 saturated heterocycles. The van der Waals surface area contributed by atoms with E-state index in [0.717, 1.165) is 33.7 Å². The molecular weight excluding hydrogens is 270 g/mol. The van der Waals surface area contributed by atoms with Gasteiger partial charge in [-0.15, -0.1) is 0 Å². The third-order valence-electron chi connectivity index (χ3n) is 3.46. The van der Waals surface area contributed by atoms with Crippen molar-refractivity contribution in [1.29, 1.82) is 0 Å². The van der Waals surface area contributed by atoms with Crippen molar-refractivity contribution in [3.05, 3.63) is 69.7 Å². The monoisotopic (exact) mass is 287 g/mol. The quantitative estimate of drug-likeness (QED) is 0.907. The molecule has 0 bridgehead atoms. The Morgan fingerprint density at radius 1 is 1.10 bits per heavy atom. The van der Waals surface area contributed by atoms with Gasteiger partial charge in [-0.25, -0.2) is 0 Å². The predicted octanol–water partition coefficient (Wildman–Crippen LogP) is 3.93. The highest BCUT2D eigenvalue weighted by molar-refractivity contribution is 6.30. The predicted molar refractivity (Wildman–Crippen MR) is 83.4 cm³/mol. The molecule has 0 saturated carbocycles. The molecule has 0 heterocycles. The first-order chi connectivity index (χ1) is 9.58. The van der Waals surface area contributed by atoms with Crippen molar-refractivity contribution < 1.29 is 4.79 Å². The van der Waals surface area contributed by atoms with E-state index in [9.17, 15) is 4.79 Å². The van der Waals surface area contributed by atoms with Crippen LogP contribution in [0.15, 0.2) is 42.5 Å². The molecule has 0 aliphatic heterocycles. The zero-order valence-electron chi connectivity index (χ0n) is 11.7. The number of carbonyl (C=O) groups excluding carboxylic acids is 1. The fourth-order valence-electron chi connectivity index (χ4n) is 2.06. The van der Waals surface area contributed by atoms with Gasteiger partial charge < -0.3 is 5.32 Å². The number of hydrogen-bond acceptors (Lipinski definition) is 1. The highest BCUT2D eigenvalue weighted by Gasteiger charge is 2.09. The Bertz CT molecular complexity index is 605. The molecule has 3 heteroatoms. The van der Waals surface area contributed by atoms with E-state index in [1.165, 1.54) is 0 Å². The van der Waals surface area contributed by atoms with E-state index in [-0.39, 0.29) is 5.91 Å². The zero-order chi connectivity index (χ0) is 14.5. The molecule has 0 atom stereocenters. The summed E-state index contributed by atoms with van der Waals surface area (Å²) in [5.74, 6) is -0.0137. The lowest BCUT2D eigenvalue weighted by Crippen LogP contribution is -2.26. The Balaban J connectivity index is 1.92. The molecule has 2 aromatic rings. The van der Waals surface area contributed by atoms with Gasteiger partial charge in [-0.05, 0) is 55.2 Å².